The molecular weight excluding hydrogens is 402 g/mol. The van der Waals surface area contributed by atoms with Crippen LogP contribution in [0.3, 0.4) is 0 Å². The first-order valence-electron chi connectivity index (χ1n) is 5.99. The van der Waals surface area contributed by atoms with Crippen LogP contribution < -0.4 is 5.32 Å². The smallest absolute Gasteiger partial charge is 0.335 e. The van der Waals surface area contributed by atoms with E-state index in [2.05, 4.69) is 37.2 Å². The molecule has 0 saturated carbocycles. The van der Waals surface area contributed by atoms with Crippen molar-refractivity contribution in [2.45, 2.75) is 6.92 Å². The van der Waals surface area contributed by atoms with Crippen molar-refractivity contribution in [2.75, 3.05) is 5.32 Å². The van der Waals surface area contributed by atoms with Gasteiger partial charge < -0.3 is 10.4 Å². The molecule has 0 aliphatic carbocycles. The van der Waals surface area contributed by atoms with Gasteiger partial charge in [-0.1, -0.05) is 37.9 Å². The summed E-state index contributed by atoms with van der Waals surface area (Å²) in [4.78, 5) is 23.3. The highest BCUT2D eigenvalue weighted by atomic mass is 79.9. The number of aromatic carboxylic acids is 1. The predicted octanol–water partition coefficient (Wildman–Crippen LogP) is 4.47. The van der Waals surface area contributed by atoms with Crippen molar-refractivity contribution >= 4 is 49.4 Å². The van der Waals surface area contributed by atoms with Crippen LogP contribution >= 0.6 is 31.9 Å². The van der Waals surface area contributed by atoms with E-state index in [1.54, 1.807) is 18.2 Å². The number of rotatable bonds is 3. The molecule has 0 unspecified atom stereocenters. The van der Waals surface area contributed by atoms with Gasteiger partial charge in [0, 0.05) is 20.2 Å². The second-order valence-corrected chi connectivity index (χ2v) is 6.17. The fourth-order valence-electron chi connectivity index (χ4n) is 1.84. The van der Waals surface area contributed by atoms with E-state index < -0.39 is 5.97 Å². The number of anilines is 1. The summed E-state index contributed by atoms with van der Waals surface area (Å²) in [5, 5.41) is 11.7. The molecule has 1 amide bonds. The molecule has 0 saturated heterocycles. The van der Waals surface area contributed by atoms with E-state index in [0.29, 0.717) is 15.7 Å². The molecule has 2 N–H and O–H groups in total. The maximum absolute atomic E-state index is 12.3. The quantitative estimate of drug-likeness (QED) is 0.781. The number of carbonyl (C=O) groups is 2. The summed E-state index contributed by atoms with van der Waals surface area (Å²) in [5.41, 5.74) is 1.88. The Hall–Kier alpha value is -1.66. The molecule has 0 aliphatic rings. The Bertz CT molecular complexity index is 729. The maximum atomic E-state index is 12.3. The fraction of sp³-hybridized carbons (Fsp3) is 0.0667. The summed E-state index contributed by atoms with van der Waals surface area (Å²) in [5.74, 6) is -1.34. The third-order valence-corrected chi connectivity index (χ3v) is 4.23. The minimum Gasteiger partial charge on any atom is -0.478 e. The van der Waals surface area contributed by atoms with Crippen molar-refractivity contribution in [2.24, 2.45) is 0 Å². The van der Waals surface area contributed by atoms with Crippen molar-refractivity contribution in [1.29, 1.82) is 0 Å². The van der Waals surface area contributed by atoms with Gasteiger partial charge in [-0.3, -0.25) is 4.79 Å². The number of carboxylic acid groups (broad SMARTS) is 1. The number of hydrogen-bond acceptors (Lipinski definition) is 2. The Kier molecular flexibility index (Phi) is 4.80. The molecule has 4 nitrogen and oxygen atoms in total. The first-order valence-corrected chi connectivity index (χ1v) is 7.57. The summed E-state index contributed by atoms with van der Waals surface area (Å²) in [6, 6.07) is 9.88. The van der Waals surface area contributed by atoms with Crippen molar-refractivity contribution in [3.05, 3.63) is 62.0 Å². The molecule has 2 aromatic carbocycles. The molecule has 6 heteroatoms. The molecule has 0 atom stereocenters. The largest absolute Gasteiger partial charge is 0.478 e. The lowest BCUT2D eigenvalue weighted by atomic mass is 10.1. The standard InChI is InChI=1S/C15H11Br2NO3/c1-8-12(3-2-4-13(8)17)14(19)18-11-6-9(15(20)21)5-10(16)7-11/h2-7H,1H3,(H,18,19)(H,20,21). The molecule has 108 valence electrons. The summed E-state index contributed by atoms with van der Waals surface area (Å²) >= 11 is 6.61. The van der Waals surface area contributed by atoms with Gasteiger partial charge >= 0.3 is 5.97 Å². The molecule has 0 spiro atoms. The zero-order valence-electron chi connectivity index (χ0n) is 11.0. The van der Waals surface area contributed by atoms with Gasteiger partial charge in [0.2, 0.25) is 0 Å². The van der Waals surface area contributed by atoms with Gasteiger partial charge in [0.15, 0.2) is 0 Å². The lowest BCUT2D eigenvalue weighted by molar-refractivity contribution is 0.0696. The highest BCUT2D eigenvalue weighted by Crippen LogP contribution is 2.23. The van der Waals surface area contributed by atoms with Crippen LogP contribution in [0.25, 0.3) is 0 Å². The Morgan fingerprint density at radius 1 is 1.14 bits per heavy atom. The van der Waals surface area contributed by atoms with E-state index in [1.807, 2.05) is 13.0 Å². The first kappa shape index (κ1) is 15.7. The number of benzene rings is 2. The summed E-state index contributed by atoms with van der Waals surface area (Å²) in [7, 11) is 0. The number of carbonyl (C=O) groups excluding carboxylic acids is 1. The van der Waals surface area contributed by atoms with Gasteiger partial charge in [0.1, 0.15) is 0 Å². The van der Waals surface area contributed by atoms with Crippen LogP contribution in [0.1, 0.15) is 26.3 Å². The number of carboxylic acids is 1. The minimum absolute atomic E-state index is 0.102. The Labute approximate surface area is 138 Å². The predicted molar refractivity (Wildman–Crippen MR) is 87.9 cm³/mol. The SMILES string of the molecule is Cc1c(Br)cccc1C(=O)Nc1cc(Br)cc(C(=O)O)c1. The third-order valence-electron chi connectivity index (χ3n) is 2.91. The second kappa shape index (κ2) is 6.41. The van der Waals surface area contributed by atoms with Gasteiger partial charge in [0.05, 0.1) is 5.56 Å². The molecule has 2 rings (SSSR count). The van der Waals surface area contributed by atoms with E-state index in [9.17, 15) is 9.59 Å². The van der Waals surface area contributed by atoms with E-state index in [0.717, 1.165) is 10.0 Å². The van der Waals surface area contributed by atoms with Crippen molar-refractivity contribution in [3.63, 3.8) is 0 Å². The zero-order valence-corrected chi connectivity index (χ0v) is 14.2. The maximum Gasteiger partial charge on any atom is 0.335 e. The van der Waals surface area contributed by atoms with E-state index in [4.69, 9.17) is 5.11 Å². The lowest BCUT2D eigenvalue weighted by Gasteiger charge is -2.10. The molecule has 0 heterocycles. The molecule has 0 fully saturated rings. The van der Waals surface area contributed by atoms with Crippen molar-refractivity contribution in [1.82, 2.24) is 0 Å². The van der Waals surface area contributed by atoms with Crippen LogP contribution in [0.5, 0.6) is 0 Å². The highest BCUT2D eigenvalue weighted by Gasteiger charge is 2.13. The average molecular weight is 413 g/mol. The van der Waals surface area contributed by atoms with Crippen molar-refractivity contribution in [3.8, 4) is 0 Å². The highest BCUT2D eigenvalue weighted by molar-refractivity contribution is 9.10. The fourth-order valence-corrected chi connectivity index (χ4v) is 2.70. The monoisotopic (exact) mass is 411 g/mol. The molecule has 21 heavy (non-hydrogen) atoms. The summed E-state index contributed by atoms with van der Waals surface area (Å²) in [6.07, 6.45) is 0. The Balaban J connectivity index is 2.31. The second-order valence-electron chi connectivity index (χ2n) is 4.40. The van der Waals surface area contributed by atoms with Gasteiger partial charge in [-0.2, -0.15) is 0 Å². The van der Waals surface area contributed by atoms with Crippen LogP contribution in [-0.2, 0) is 0 Å². The van der Waals surface area contributed by atoms with E-state index in [-0.39, 0.29) is 11.5 Å². The van der Waals surface area contributed by atoms with Crippen LogP contribution in [0.4, 0.5) is 5.69 Å². The van der Waals surface area contributed by atoms with E-state index >= 15 is 0 Å². The normalized spacial score (nSPS) is 10.2. The molecule has 2 aromatic rings. The Morgan fingerprint density at radius 2 is 1.86 bits per heavy atom. The average Bonchev–Trinajstić information content (AvgIpc) is 2.41. The van der Waals surface area contributed by atoms with Gasteiger partial charge in [0.25, 0.3) is 5.91 Å². The summed E-state index contributed by atoms with van der Waals surface area (Å²) < 4.78 is 1.43. The van der Waals surface area contributed by atoms with Gasteiger partial charge in [-0.05, 0) is 42.8 Å². The third kappa shape index (κ3) is 3.71. The number of halogens is 2. The molecular formula is C15H11Br2NO3. The minimum atomic E-state index is -1.05. The number of amides is 1. The summed E-state index contributed by atoms with van der Waals surface area (Å²) in [6.45, 7) is 1.84. The Morgan fingerprint density at radius 3 is 2.52 bits per heavy atom. The van der Waals surface area contributed by atoms with Crippen LogP contribution in [0.2, 0.25) is 0 Å². The zero-order chi connectivity index (χ0) is 15.6. The van der Waals surface area contributed by atoms with Crippen LogP contribution in [0, 0.1) is 6.92 Å². The molecule has 0 bridgehead atoms. The topological polar surface area (TPSA) is 66.4 Å². The first-order chi connectivity index (χ1) is 9.88. The molecule has 0 aromatic heterocycles. The lowest BCUT2D eigenvalue weighted by Crippen LogP contribution is -2.14. The number of nitrogens with one attached hydrogen (secondary N) is 1. The van der Waals surface area contributed by atoms with Gasteiger partial charge in [-0.15, -0.1) is 0 Å². The van der Waals surface area contributed by atoms with E-state index in [1.165, 1.54) is 12.1 Å². The number of hydrogen-bond donors (Lipinski definition) is 2. The van der Waals surface area contributed by atoms with Gasteiger partial charge in [-0.25, -0.2) is 4.79 Å². The van der Waals surface area contributed by atoms with Crippen molar-refractivity contribution < 1.29 is 14.7 Å². The molecule has 0 aliphatic heterocycles. The molecule has 0 radical (unpaired) electrons. The van der Waals surface area contributed by atoms with Crippen LogP contribution in [0.15, 0.2) is 45.3 Å². The van der Waals surface area contributed by atoms with Crippen LogP contribution in [-0.4, -0.2) is 17.0 Å².